The van der Waals surface area contributed by atoms with Crippen LogP contribution in [0.25, 0.3) is 0 Å². The van der Waals surface area contributed by atoms with Gasteiger partial charge >= 0.3 is 0 Å². The van der Waals surface area contributed by atoms with E-state index in [0.29, 0.717) is 17.4 Å². The van der Waals surface area contributed by atoms with E-state index in [4.69, 9.17) is 11.6 Å². The van der Waals surface area contributed by atoms with Crippen LogP contribution >= 0.6 is 11.6 Å². The predicted octanol–water partition coefficient (Wildman–Crippen LogP) is 4.03. The Morgan fingerprint density at radius 2 is 2.26 bits per heavy atom. The summed E-state index contributed by atoms with van der Waals surface area (Å²) >= 11 is 6.40. The summed E-state index contributed by atoms with van der Waals surface area (Å²) in [6.07, 6.45) is 5.68. The molecule has 0 saturated heterocycles. The number of nitrogens with zero attached hydrogens (tertiary/aromatic N) is 2. The van der Waals surface area contributed by atoms with Crippen LogP contribution in [0.4, 0.5) is 0 Å². The molecule has 1 aromatic heterocycles. The molecule has 0 radical (unpaired) electrons. The lowest BCUT2D eigenvalue weighted by atomic mass is 9.76. The van der Waals surface area contributed by atoms with Crippen LogP contribution in [0, 0.1) is 11.3 Å². The molecular formula is C15H26ClN3. The maximum absolute atomic E-state index is 6.40. The van der Waals surface area contributed by atoms with Crippen LogP contribution < -0.4 is 5.32 Å². The molecule has 0 aromatic carbocycles. The lowest BCUT2D eigenvalue weighted by molar-refractivity contribution is 0.193. The van der Waals surface area contributed by atoms with Gasteiger partial charge in [-0.2, -0.15) is 5.10 Å². The minimum absolute atomic E-state index is 0.317. The van der Waals surface area contributed by atoms with Gasteiger partial charge in [-0.15, -0.1) is 0 Å². The molecule has 0 amide bonds. The Morgan fingerprint density at radius 1 is 1.53 bits per heavy atom. The Hall–Kier alpha value is -0.540. The highest BCUT2D eigenvalue weighted by Gasteiger charge is 2.41. The van der Waals surface area contributed by atoms with Gasteiger partial charge in [-0.3, -0.25) is 4.68 Å². The standard InChI is InChI=1S/C15H26ClN3/c1-5-17-13(11-8-7-9-15(11,3)4)14-12(16)10-18-19(14)6-2/h10-11,13,17H,5-9H2,1-4H3. The van der Waals surface area contributed by atoms with Gasteiger partial charge in [-0.05, 0) is 37.6 Å². The highest BCUT2D eigenvalue weighted by molar-refractivity contribution is 6.31. The van der Waals surface area contributed by atoms with Crippen LogP contribution in [-0.4, -0.2) is 16.3 Å². The van der Waals surface area contributed by atoms with Crippen LogP contribution in [0.5, 0.6) is 0 Å². The summed E-state index contributed by atoms with van der Waals surface area (Å²) < 4.78 is 2.05. The molecule has 1 aromatic rings. The van der Waals surface area contributed by atoms with E-state index >= 15 is 0 Å². The smallest absolute Gasteiger partial charge is 0.0834 e. The Morgan fingerprint density at radius 3 is 2.79 bits per heavy atom. The van der Waals surface area contributed by atoms with Gasteiger partial charge in [-0.25, -0.2) is 0 Å². The third kappa shape index (κ3) is 2.82. The summed E-state index contributed by atoms with van der Waals surface area (Å²) in [5.74, 6) is 0.631. The molecule has 108 valence electrons. The van der Waals surface area contributed by atoms with Gasteiger partial charge in [0.2, 0.25) is 0 Å². The summed E-state index contributed by atoms with van der Waals surface area (Å²) in [5, 5.41) is 8.86. The normalized spacial score (nSPS) is 23.7. The van der Waals surface area contributed by atoms with Crippen molar-refractivity contribution in [3.8, 4) is 0 Å². The number of halogens is 1. The van der Waals surface area contributed by atoms with E-state index in [1.54, 1.807) is 6.20 Å². The third-order valence-electron chi connectivity index (χ3n) is 4.59. The van der Waals surface area contributed by atoms with E-state index in [1.165, 1.54) is 25.0 Å². The zero-order valence-corrected chi connectivity index (χ0v) is 13.3. The molecule has 0 spiro atoms. The van der Waals surface area contributed by atoms with E-state index in [2.05, 4.69) is 38.1 Å². The monoisotopic (exact) mass is 283 g/mol. The Bertz CT molecular complexity index is 425. The highest BCUT2D eigenvalue weighted by atomic mass is 35.5. The maximum Gasteiger partial charge on any atom is 0.0834 e. The fourth-order valence-electron chi connectivity index (χ4n) is 3.55. The zero-order chi connectivity index (χ0) is 14.0. The molecule has 1 heterocycles. The first kappa shape index (κ1) is 14.9. The highest BCUT2D eigenvalue weighted by Crippen LogP contribution is 2.49. The summed E-state index contributed by atoms with van der Waals surface area (Å²) in [6, 6.07) is 0.317. The molecule has 1 aliphatic rings. The second-order valence-electron chi connectivity index (χ2n) is 6.22. The molecule has 2 rings (SSSR count). The number of hydrogen-bond acceptors (Lipinski definition) is 2. The summed E-state index contributed by atoms with van der Waals surface area (Å²) in [7, 11) is 0. The minimum Gasteiger partial charge on any atom is -0.309 e. The predicted molar refractivity (Wildman–Crippen MR) is 80.5 cm³/mol. The lowest BCUT2D eigenvalue weighted by Gasteiger charge is -2.35. The summed E-state index contributed by atoms with van der Waals surface area (Å²) in [6.45, 7) is 10.9. The van der Waals surface area contributed by atoms with Crippen molar-refractivity contribution < 1.29 is 0 Å². The van der Waals surface area contributed by atoms with Crippen molar-refractivity contribution in [2.75, 3.05) is 6.54 Å². The van der Waals surface area contributed by atoms with Gasteiger partial charge in [0.25, 0.3) is 0 Å². The van der Waals surface area contributed by atoms with E-state index in [0.717, 1.165) is 18.1 Å². The fraction of sp³-hybridized carbons (Fsp3) is 0.800. The first-order chi connectivity index (χ1) is 9.01. The Labute approximate surface area is 121 Å². The molecule has 1 N–H and O–H groups in total. The summed E-state index contributed by atoms with van der Waals surface area (Å²) in [4.78, 5) is 0. The molecule has 1 saturated carbocycles. The van der Waals surface area contributed by atoms with E-state index in [-0.39, 0.29) is 0 Å². The van der Waals surface area contributed by atoms with Crippen molar-refractivity contribution >= 4 is 11.6 Å². The van der Waals surface area contributed by atoms with Gasteiger partial charge in [0.15, 0.2) is 0 Å². The van der Waals surface area contributed by atoms with Crippen molar-refractivity contribution in [2.24, 2.45) is 11.3 Å². The van der Waals surface area contributed by atoms with Crippen molar-refractivity contribution in [3.05, 3.63) is 16.9 Å². The number of aromatic nitrogens is 2. The zero-order valence-electron chi connectivity index (χ0n) is 12.5. The number of nitrogens with one attached hydrogen (secondary N) is 1. The second kappa shape index (κ2) is 5.84. The van der Waals surface area contributed by atoms with E-state index in [1.807, 2.05) is 4.68 Å². The summed E-state index contributed by atoms with van der Waals surface area (Å²) in [5.41, 5.74) is 1.55. The Kier molecular flexibility index (Phi) is 4.57. The number of aryl methyl sites for hydroxylation is 1. The molecule has 1 fully saturated rings. The van der Waals surface area contributed by atoms with Crippen LogP contribution in [0.1, 0.15) is 58.7 Å². The molecule has 0 aliphatic heterocycles. The van der Waals surface area contributed by atoms with E-state index in [9.17, 15) is 0 Å². The van der Waals surface area contributed by atoms with Crippen LogP contribution in [0.2, 0.25) is 5.02 Å². The minimum atomic E-state index is 0.317. The largest absolute Gasteiger partial charge is 0.309 e. The molecule has 2 unspecified atom stereocenters. The third-order valence-corrected chi connectivity index (χ3v) is 4.88. The van der Waals surface area contributed by atoms with Gasteiger partial charge in [0.1, 0.15) is 0 Å². The average molecular weight is 284 g/mol. The second-order valence-corrected chi connectivity index (χ2v) is 6.62. The molecule has 2 atom stereocenters. The molecule has 19 heavy (non-hydrogen) atoms. The van der Waals surface area contributed by atoms with Crippen LogP contribution in [-0.2, 0) is 6.54 Å². The Balaban J connectivity index is 2.37. The molecule has 1 aliphatic carbocycles. The average Bonchev–Trinajstić information content (AvgIpc) is 2.89. The topological polar surface area (TPSA) is 29.9 Å². The van der Waals surface area contributed by atoms with Crippen LogP contribution in [0.3, 0.4) is 0 Å². The van der Waals surface area contributed by atoms with Gasteiger partial charge < -0.3 is 5.32 Å². The lowest BCUT2D eigenvalue weighted by Crippen LogP contribution is -2.35. The number of hydrogen-bond donors (Lipinski definition) is 1. The number of rotatable bonds is 5. The van der Waals surface area contributed by atoms with Gasteiger partial charge in [0.05, 0.1) is 23.0 Å². The van der Waals surface area contributed by atoms with Crippen molar-refractivity contribution in [3.63, 3.8) is 0 Å². The van der Waals surface area contributed by atoms with Crippen molar-refractivity contribution in [2.45, 2.75) is 59.5 Å². The van der Waals surface area contributed by atoms with E-state index < -0.39 is 0 Å². The van der Waals surface area contributed by atoms with Crippen molar-refractivity contribution in [1.82, 2.24) is 15.1 Å². The van der Waals surface area contributed by atoms with Crippen LogP contribution in [0.15, 0.2) is 6.20 Å². The SMILES string of the molecule is CCNC(c1c(Cl)cnn1CC)C1CCCC1(C)C. The first-order valence-corrected chi connectivity index (χ1v) is 7.83. The van der Waals surface area contributed by atoms with Gasteiger partial charge in [-0.1, -0.05) is 38.8 Å². The molecule has 0 bridgehead atoms. The van der Waals surface area contributed by atoms with Crippen molar-refractivity contribution in [1.29, 1.82) is 0 Å². The first-order valence-electron chi connectivity index (χ1n) is 7.45. The fourth-order valence-corrected chi connectivity index (χ4v) is 3.81. The molecular weight excluding hydrogens is 258 g/mol. The quantitative estimate of drug-likeness (QED) is 0.884. The van der Waals surface area contributed by atoms with Gasteiger partial charge in [0, 0.05) is 6.54 Å². The molecule has 4 heteroatoms. The maximum atomic E-state index is 6.40. The molecule has 3 nitrogen and oxygen atoms in total.